The lowest BCUT2D eigenvalue weighted by molar-refractivity contribution is 0.350. The molecule has 1 atom stereocenters. The summed E-state index contributed by atoms with van der Waals surface area (Å²) in [5, 5.41) is 0. The van der Waals surface area contributed by atoms with Gasteiger partial charge < -0.3 is 4.74 Å². The van der Waals surface area contributed by atoms with Gasteiger partial charge in [-0.05, 0) is 12.5 Å². The van der Waals surface area contributed by atoms with Crippen LogP contribution in [-0.2, 0) is 4.74 Å². The number of allylic oxidation sites excluding steroid dienone is 1. The Balaban J connectivity index is 0.000000146. The van der Waals surface area contributed by atoms with Crippen molar-refractivity contribution >= 4 is 0 Å². The molecule has 0 aliphatic carbocycles. The summed E-state index contributed by atoms with van der Waals surface area (Å²) in [6.45, 7) is 7.84. The number of benzene rings is 1. The zero-order valence-electron chi connectivity index (χ0n) is 8.73. The van der Waals surface area contributed by atoms with E-state index in [0.29, 0.717) is 5.92 Å². The van der Waals surface area contributed by atoms with E-state index in [-0.39, 0.29) is 0 Å². The van der Waals surface area contributed by atoms with Crippen LogP contribution in [0.1, 0.15) is 13.8 Å². The van der Waals surface area contributed by atoms with E-state index in [0.717, 1.165) is 5.76 Å². The van der Waals surface area contributed by atoms with E-state index >= 15 is 0 Å². The molecular weight excluding hydrogens is 172 g/mol. The van der Waals surface area contributed by atoms with Gasteiger partial charge in [-0.2, -0.15) is 0 Å². The second kappa shape index (κ2) is 5.28. The van der Waals surface area contributed by atoms with Crippen LogP contribution < -0.4 is 0 Å². The molecule has 1 aliphatic heterocycles. The van der Waals surface area contributed by atoms with Gasteiger partial charge in [-0.3, -0.25) is 0 Å². The zero-order chi connectivity index (χ0) is 10.4. The van der Waals surface area contributed by atoms with Gasteiger partial charge >= 0.3 is 0 Å². The van der Waals surface area contributed by atoms with Crippen molar-refractivity contribution in [1.82, 2.24) is 0 Å². The van der Waals surface area contributed by atoms with E-state index in [1.807, 2.05) is 43.3 Å². The molecule has 0 aromatic heterocycles. The first kappa shape index (κ1) is 10.6. The van der Waals surface area contributed by atoms with Crippen LogP contribution in [0.3, 0.4) is 0 Å². The molecule has 1 unspecified atom stereocenters. The third-order valence-electron chi connectivity index (χ3n) is 2.23. The fourth-order valence-electron chi connectivity index (χ4n) is 1.01. The van der Waals surface area contributed by atoms with E-state index in [4.69, 9.17) is 4.74 Å². The lowest BCUT2D eigenvalue weighted by Crippen LogP contribution is -1.91. The summed E-state index contributed by atoms with van der Waals surface area (Å²) in [5.41, 5.74) is 1.26. The summed E-state index contributed by atoms with van der Waals surface area (Å²) in [6.07, 6.45) is 1.76. The lowest BCUT2D eigenvalue weighted by atomic mass is 10.1. The quantitative estimate of drug-likeness (QED) is 0.602. The van der Waals surface area contributed by atoms with Crippen LogP contribution in [0.25, 0.3) is 0 Å². The molecule has 2 rings (SSSR count). The Hall–Kier alpha value is -1.50. The Morgan fingerprint density at radius 2 is 1.50 bits per heavy atom. The Morgan fingerprint density at radius 3 is 1.64 bits per heavy atom. The maximum atomic E-state index is 5.02. The van der Waals surface area contributed by atoms with Crippen LogP contribution in [-0.4, -0.2) is 0 Å². The summed E-state index contributed by atoms with van der Waals surface area (Å²) in [5.74, 6) is 1.29. The standard InChI is InChI=1S/C7H10O.C6H6/c1-5-4-8-7(3)6(5)2;1-2-4-6-5-3-1/h4,6H,3H2,1-2H3;1-6H. The van der Waals surface area contributed by atoms with Gasteiger partial charge in [-0.15, -0.1) is 0 Å². The molecule has 1 heteroatoms. The predicted octanol–water partition coefficient (Wildman–Crippen LogP) is 3.76. The predicted molar refractivity (Wildman–Crippen MR) is 59.6 cm³/mol. The lowest BCUT2D eigenvalue weighted by Gasteiger charge is -2.00. The van der Waals surface area contributed by atoms with E-state index in [2.05, 4.69) is 13.5 Å². The average Bonchev–Trinajstić information content (AvgIpc) is 2.53. The van der Waals surface area contributed by atoms with Gasteiger partial charge in [0.1, 0.15) is 5.76 Å². The van der Waals surface area contributed by atoms with Gasteiger partial charge in [0.25, 0.3) is 0 Å². The van der Waals surface area contributed by atoms with Gasteiger partial charge in [0, 0.05) is 5.92 Å². The van der Waals surface area contributed by atoms with Crippen LogP contribution in [0, 0.1) is 5.92 Å². The minimum absolute atomic E-state index is 0.426. The first-order chi connectivity index (χ1) is 6.72. The van der Waals surface area contributed by atoms with Gasteiger partial charge in [0.05, 0.1) is 6.26 Å². The molecular formula is C13H16O. The summed E-state index contributed by atoms with van der Waals surface area (Å²) in [4.78, 5) is 0. The van der Waals surface area contributed by atoms with Crippen molar-refractivity contribution in [3.05, 3.63) is 60.6 Å². The topological polar surface area (TPSA) is 9.23 Å². The van der Waals surface area contributed by atoms with Crippen LogP contribution in [0.5, 0.6) is 0 Å². The van der Waals surface area contributed by atoms with E-state index in [1.54, 1.807) is 6.26 Å². The average molecular weight is 188 g/mol. The highest BCUT2D eigenvalue weighted by Gasteiger charge is 2.15. The van der Waals surface area contributed by atoms with Crippen molar-refractivity contribution in [2.75, 3.05) is 0 Å². The summed E-state index contributed by atoms with van der Waals surface area (Å²) in [6, 6.07) is 12.0. The van der Waals surface area contributed by atoms with Crippen LogP contribution in [0.15, 0.2) is 60.6 Å². The van der Waals surface area contributed by atoms with Crippen LogP contribution in [0.4, 0.5) is 0 Å². The fourth-order valence-corrected chi connectivity index (χ4v) is 1.01. The molecule has 0 bridgehead atoms. The van der Waals surface area contributed by atoms with Crippen LogP contribution in [0.2, 0.25) is 0 Å². The molecule has 1 aliphatic rings. The first-order valence-electron chi connectivity index (χ1n) is 4.74. The van der Waals surface area contributed by atoms with Crippen molar-refractivity contribution in [3.63, 3.8) is 0 Å². The minimum atomic E-state index is 0.426. The molecule has 0 saturated carbocycles. The van der Waals surface area contributed by atoms with E-state index in [1.165, 1.54) is 5.57 Å². The van der Waals surface area contributed by atoms with E-state index < -0.39 is 0 Å². The molecule has 0 radical (unpaired) electrons. The largest absolute Gasteiger partial charge is 0.469 e. The van der Waals surface area contributed by atoms with Gasteiger partial charge in [0.2, 0.25) is 0 Å². The highest BCUT2D eigenvalue weighted by Crippen LogP contribution is 2.25. The van der Waals surface area contributed by atoms with Gasteiger partial charge in [0.15, 0.2) is 0 Å². The fraction of sp³-hybridized carbons (Fsp3) is 0.231. The first-order valence-corrected chi connectivity index (χ1v) is 4.74. The third-order valence-corrected chi connectivity index (χ3v) is 2.23. The molecule has 0 spiro atoms. The van der Waals surface area contributed by atoms with Crippen molar-refractivity contribution in [1.29, 1.82) is 0 Å². The monoisotopic (exact) mass is 188 g/mol. The maximum absolute atomic E-state index is 5.02. The Kier molecular flexibility index (Phi) is 3.99. The molecule has 14 heavy (non-hydrogen) atoms. The summed E-state index contributed by atoms with van der Waals surface area (Å²) < 4.78 is 5.02. The minimum Gasteiger partial charge on any atom is -0.469 e. The SMILES string of the molecule is C=C1OC=C(C)C1C.c1ccccc1. The van der Waals surface area contributed by atoms with Crippen LogP contribution >= 0.6 is 0 Å². The Bertz CT molecular complexity index is 285. The third kappa shape index (κ3) is 3.09. The van der Waals surface area contributed by atoms with Crippen molar-refractivity contribution in [2.24, 2.45) is 5.92 Å². The molecule has 1 nitrogen and oxygen atoms in total. The summed E-state index contributed by atoms with van der Waals surface area (Å²) in [7, 11) is 0. The normalized spacial score (nSPS) is 19.1. The Morgan fingerprint density at radius 1 is 1.07 bits per heavy atom. The van der Waals surface area contributed by atoms with Gasteiger partial charge in [-0.25, -0.2) is 0 Å². The smallest absolute Gasteiger partial charge is 0.103 e. The van der Waals surface area contributed by atoms with Gasteiger partial charge in [-0.1, -0.05) is 49.9 Å². The number of hydrogen-bond acceptors (Lipinski definition) is 1. The molecule has 0 N–H and O–H groups in total. The molecule has 1 aromatic rings. The Labute approximate surface area is 85.7 Å². The molecule has 0 saturated heterocycles. The number of hydrogen-bond donors (Lipinski definition) is 0. The molecule has 0 fully saturated rings. The maximum Gasteiger partial charge on any atom is 0.103 e. The number of ether oxygens (including phenoxy) is 1. The van der Waals surface area contributed by atoms with Crippen molar-refractivity contribution < 1.29 is 4.74 Å². The van der Waals surface area contributed by atoms with E-state index in [9.17, 15) is 0 Å². The molecule has 1 heterocycles. The summed E-state index contributed by atoms with van der Waals surface area (Å²) >= 11 is 0. The van der Waals surface area contributed by atoms with Crippen molar-refractivity contribution in [3.8, 4) is 0 Å². The van der Waals surface area contributed by atoms with Crippen molar-refractivity contribution in [2.45, 2.75) is 13.8 Å². The molecule has 74 valence electrons. The molecule has 0 amide bonds. The highest BCUT2D eigenvalue weighted by molar-refractivity contribution is 5.16. The highest BCUT2D eigenvalue weighted by atomic mass is 16.5. The zero-order valence-corrected chi connectivity index (χ0v) is 8.73. The second-order valence-electron chi connectivity index (χ2n) is 3.32. The molecule has 1 aromatic carbocycles. The second-order valence-corrected chi connectivity index (χ2v) is 3.32. The number of rotatable bonds is 0.